The van der Waals surface area contributed by atoms with Crippen LogP contribution in [-0.2, 0) is 0 Å². The van der Waals surface area contributed by atoms with Gasteiger partial charge in [-0.3, -0.25) is 0 Å². The zero-order chi connectivity index (χ0) is 0. The quantitative estimate of drug-likeness (QED) is 0.309. The maximum absolute atomic E-state index is 0. The van der Waals surface area contributed by atoms with Crippen LogP contribution in [0.5, 0.6) is 0 Å². The Morgan fingerprint density at radius 3 is 0.800 bits per heavy atom. The van der Waals surface area contributed by atoms with E-state index in [9.17, 15) is 0 Å². The summed E-state index contributed by atoms with van der Waals surface area (Å²) in [6.07, 6.45) is 0. The first-order chi connectivity index (χ1) is 0. The van der Waals surface area contributed by atoms with E-state index in [4.69, 9.17) is 0 Å². The third kappa shape index (κ3) is 19.6. The zero-order valence-corrected chi connectivity index (χ0v) is 9.01. The molecule has 0 fully saturated rings. The minimum atomic E-state index is 0. The second-order valence-corrected chi connectivity index (χ2v) is 0. The van der Waals surface area contributed by atoms with Gasteiger partial charge in [0.25, 0.3) is 0 Å². The first-order valence-corrected chi connectivity index (χ1v) is 0. The van der Waals surface area contributed by atoms with Crippen molar-refractivity contribution in [2.75, 3.05) is 0 Å². The molecule has 5 heteroatoms. The van der Waals surface area contributed by atoms with Gasteiger partial charge in [-0.2, -0.15) is 0 Å². The molecule has 24 valence electrons. The Labute approximate surface area is 102 Å². The summed E-state index contributed by atoms with van der Waals surface area (Å²) in [4.78, 5) is 0. The van der Waals surface area contributed by atoms with Crippen molar-refractivity contribution in [2.24, 2.45) is 0 Å². The van der Waals surface area contributed by atoms with Gasteiger partial charge < -0.3 is 30.3 Å². The Bertz CT molecular complexity index is 9.61. The number of hydrogen-bond acceptors (Lipinski definition) is 0. The standard InChI is InChI=1S/2ClH.K.Mg.H2O/h2*1H;;;1H2/q;;+1;+2;/p-2. The molecule has 0 aliphatic rings. The van der Waals surface area contributed by atoms with Crippen molar-refractivity contribution in [2.45, 2.75) is 0 Å². The van der Waals surface area contributed by atoms with Crippen molar-refractivity contribution >= 4 is 23.1 Å². The molecule has 0 spiro atoms. The van der Waals surface area contributed by atoms with Gasteiger partial charge in [0, 0.05) is 0 Å². The second-order valence-electron chi connectivity index (χ2n) is 0. The van der Waals surface area contributed by atoms with Crippen LogP contribution in [0.4, 0.5) is 0 Å². The van der Waals surface area contributed by atoms with Gasteiger partial charge in [0.1, 0.15) is 0 Å². The molecule has 1 nitrogen and oxygen atoms in total. The van der Waals surface area contributed by atoms with E-state index in [1.54, 1.807) is 0 Å². The molecule has 2 N–H and O–H groups in total. The predicted molar refractivity (Wildman–Crippen MR) is 9.37 cm³/mol. The molecule has 0 saturated heterocycles. The van der Waals surface area contributed by atoms with Crippen LogP contribution in [-0.4, -0.2) is 28.5 Å². The molecule has 0 aromatic rings. The maximum atomic E-state index is 0. The SMILES string of the molecule is O.[Cl-].[Cl-].[K+].[Mg+2]. The average molecular weight is 152 g/mol. The van der Waals surface area contributed by atoms with Gasteiger partial charge in [-0.15, -0.1) is 0 Å². The van der Waals surface area contributed by atoms with Gasteiger partial charge in [0.2, 0.25) is 0 Å². The molecule has 0 atom stereocenters. The van der Waals surface area contributed by atoms with Crippen molar-refractivity contribution in [1.82, 2.24) is 0 Å². The van der Waals surface area contributed by atoms with Crippen LogP contribution in [0.3, 0.4) is 0 Å². The largest absolute Gasteiger partial charge is 2.00 e. The molecule has 0 heterocycles. The van der Waals surface area contributed by atoms with Gasteiger partial charge in [-0.05, 0) is 0 Å². The first kappa shape index (κ1) is 44.2. The van der Waals surface area contributed by atoms with Crippen molar-refractivity contribution in [3.63, 3.8) is 0 Å². The van der Waals surface area contributed by atoms with Crippen LogP contribution in [0.1, 0.15) is 0 Å². The summed E-state index contributed by atoms with van der Waals surface area (Å²) in [5.41, 5.74) is 0. The van der Waals surface area contributed by atoms with Crippen LogP contribution in [0.2, 0.25) is 0 Å². The molecule has 5 heavy (non-hydrogen) atoms. The van der Waals surface area contributed by atoms with E-state index in [2.05, 4.69) is 0 Å². The van der Waals surface area contributed by atoms with E-state index in [-0.39, 0.29) is 105 Å². The van der Waals surface area contributed by atoms with Gasteiger partial charge in [0.15, 0.2) is 0 Å². The molecule has 0 aromatic carbocycles. The molecule has 0 aromatic heterocycles. The van der Waals surface area contributed by atoms with Crippen LogP contribution < -0.4 is 76.2 Å². The summed E-state index contributed by atoms with van der Waals surface area (Å²) in [6, 6.07) is 0. The summed E-state index contributed by atoms with van der Waals surface area (Å²) in [5, 5.41) is 0. The molecule has 0 aliphatic carbocycles. The Morgan fingerprint density at radius 1 is 0.800 bits per heavy atom. The van der Waals surface area contributed by atoms with E-state index in [1.165, 1.54) is 0 Å². The van der Waals surface area contributed by atoms with Crippen molar-refractivity contribution in [3.8, 4) is 0 Å². The summed E-state index contributed by atoms with van der Waals surface area (Å²) in [5.74, 6) is 0. The minimum Gasteiger partial charge on any atom is -1.00 e. The maximum Gasteiger partial charge on any atom is 2.00 e. The fourth-order valence-electron chi connectivity index (χ4n) is 0. The van der Waals surface area contributed by atoms with Crippen molar-refractivity contribution in [1.29, 1.82) is 0 Å². The third-order valence-corrected chi connectivity index (χ3v) is 0. The Morgan fingerprint density at radius 2 is 0.800 bits per heavy atom. The van der Waals surface area contributed by atoms with E-state index >= 15 is 0 Å². The smallest absolute Gasteiger partial charge is 1.00 e. The Kier molecular flexibility index (Phi) is 250. The number of hydrogen-bond donors (Lipinski definition) is 0. The second kappa shape index (κ2) is 28.3. The molecule has 0 rings (SSSR count). The zero-order valence-electron chi connectivity index (χ0n) is 2.96. The van der Waals surface area contributed by atoms with Gasteiger partial charge in [-0.25, -0.2) is 0 Å². The molecule has 0 radical (unpaired) electrons. The molecule has 0 bridgehead atoms. The minimum absolute atomic E-state index is 0. The molecule has 0 aliphatic heterocycles. The van der Waals surface area contributed by atoms with Gasteiger partial charge in [-0.1, -0.05) is 0 Å². The molecule has 0 unspecified atom stereocenters. The van der Waals surface area contributed by atoms with E-state index < -0.39 is 0 Å². The predicted octanol–water partition coefficient (Wildman–Crippen LogP) is -10.2. The fraction of sp³-hybridized carbons (Fsp3) is 0. The normalized spacial score (nSPS) is 0. The van der Waals surface area contributed by atoms with Crippen LogP contribution in [0.25, 0.3) is 0 Å². The van der Waals surface area contributed by atoms with Crippen molar-refractivity contribution < 1.29 is 81.7 Å². The van der Waals surface area contributed by atoms with E-state index in [0.717, 1.165) is 0 Å². The van der Waals surface area contributed by atoms with Crippen molar-refractivity contribution in [3.05, 3.63) is 0 Å². The van der Waals surface area contributed by atoms with E-state index in [0.29, 0.717) is 0 Å². The van der Waals surface area contributed by atoms with Gasteiger partial charge in [0.05, 0.1) is 0 Å². The number of halogens is 2. The van der Waals surface area contributed by atoms with Crippen LogP contribution >= 0.6 is 0 Å². The summed E-state index contributed by atoms with van der Waals surface area (Å²) in [6.45, 7) is 0. The van der Waals surface area contributed by atoms with Crippen LogP contribution in [0, 0.1) is 0 Å². The summed E-state index contributed by atoms with van der Waals surface area (Å²) in [7, 11) is 0. The molecular formula is H2Cl2KMgO+. The number of rotatable bonds is 0. The summed E-state index contributed by atoms with van der Waals surface area (Å²) < 4.78 is 0. The average Bonchev–Trinajstić information content (AvgIpc) is 0. The molecular weight excluding hydrogens is 150 g/mol. The monoisotopic (exact) mass is 151 g/mol. The third-order valence-electron chi connectivity index (χ3n) is 0. The molecule has 0 saturated carbocycles. The van der Waals surface area contributed by atoms with E-state index in [1.807, 2.05) is 0 Å². The Hall–Kier alpha value is 2.94. The van der Waals surface area contributed by atoms with Crippen LogP contribution in [0.15, 0.2) is 0 Å². The summed E-state index contributed by atoms with van der Waals surface area (Å²) >= 11 is 0. The molecule has 0 amide bonds. The topological polar surface area (TPSA) is 31.5 Å². The Balaban J connectivity index is 0. The first-order valence-electron chi connectivity index (χ1n) is 0. The fourth-order valence-corrected chi connectivity index (χ4v) is 0. The van der Waals surface area contributed by atoms with Gasteiger partial charge >= 0.3 is 74.4 Å².